The van der Waals surface area contributed by atoms with E-state index in [2.05, 4.69) is 20.8 Å². The van der Waals surface area contributed by atoms with E-state index in [1.54, 1.807) is 0 Å². The molecule has 0 unspecified atom stereocenters. The van der Waals surface area contributed by atoms with Crippen LogP contribution in [0, 0.1) is 46.3 Å². The van der Waals surface area contributed by atoms with E-state index in [1.165, 1.54) is 12.8 Å². The van der Waals surface area contributed by atoms with Crippen LogP contribution in [0.5, 0.6) is 0 Å². The Kier molecular flexibility index (Phi) is 5.50. The van der Waals surface area contributed by atoms with Gasteiger partial charge in [-0.15, -0.1) is 0 Å². The van der Waals surface area contributed by atoms with Crippen LogP contribution in [0.1, 0.15) is 78.6 Å². The molecule has 5 heteroatoms. The molecule has 164 valence electrons. The smallest absolute Gasteiger partial charge is 0.309 e. The fraction of sp³-hybridized carbons (Fsp3) is 0.917. The topological polar surface area (TPSA) is 83.8 Å². The van der Waals surface area contributed by atoms with Gasteiger partial charge in [-0.2, -0.15) is 0 Å². The van der Waals surface area contributed by atoms with Crippen molar-refractivity contribution in [3.8, 4) is 0 Å². The summed E-state index contributed by atoms with van der Waals surface area (Å²) >= 11 is 0. The number of rotatable bonds is 4. The molecule has 1 saturated heterocycles. The van der Waals surface area contributed by atoms with Gasteiger partial charge in [0.05, 0.1) is 18.6 Å². The van der Waals surface area contributed by atoms with Gasteiger partial charge >= 0.3 is 11.9 Å². The Labute approximate surface area is 174 Å². The van der Waals surface area contributed by atoms with Gasteiger partial charge in [-0.3, -0.25) is 9.59 Å². The number of hydrogen-bond donors (Lipinski definition) is 2. The molecule has 0 spiro atoms. The SMILES string of the molecule is C[C@H](CCC(=O)O)[C@H]1CC[C@H]2[C@@H]3COC(=O)[C@H]4C[C@H](O)CC[C@]4(C)[C@H]3CC[C@]12C. The highest BCUT2D eigenvalue weighted by Gasteiger charge is 2.61. The molecule has 0 radical (unpaired) electrons. The molecule has 1 heterocycles. The number of fused-ring (bicyclic) bond motifs is 5. The van der Waals surface area contributed by atoms with E-state index in [-0.39, 0.29) is 35.2 Å². The first-order valence-electron chi connectivity index (χ1n) is 11.7. The number of aliphatic hydroxyl groups is 1. The van der Waals surface area contributed by atoms with E-state index in [9.17, 15) is 14.7 Å². The molecule has 4 fully saturated rings. The summed E-state index contributed by atoms with van der Waals surface area (Å²) in [5.41, 5.74) is 0.154. The lowest BCUT2D eigenvalue weighted by molar-refractivity contribution is -0.155. The molecule has 0 aromatic rings. The standard InChI is InChI=1S/C24H38O5/c1-14(4-7-21(26)27)17-5-6-18-16-13-29-22(28)20-12-15(25)8-10-24(20,3)19(16)9-11-23(17,18)2/h14-20,25H,4-13H2,1-3H3,(H,26,27)/t14-,15-,16+,17-,18+,19+,20-,23-,24-/m1/s1. The molecule has 3 aliphatic carbocycles. The fourth-order valence-corrected chi connectivity index (χ4v) is 8.27. The molecular formula is C24H38O5. The molecule has 5 nitrogen and oxygen atoms in total. The second kappa shape index (κ2) is 7.55. The van der Waals surface area contributed by atoms with Gasteiger partial charge in [0.15, 0.2) is 0 Å². The van der Waals surface area contributed by atoms with Gasteiger partial charge in [0.2, 0.25) is 0 Å². The van der Waals surface area contributed by atoms with Gasteiger partial charge in [-0.25, -0.2) is 0 Å². The highest BCUT2D eigenvalue weighted by molar-refractivity contribution is 5.74. The van der Waals surface area contributed by atoms with Crippen molar-refractivity contribution in [1.29, 1.82) is 0 Å². The Morgan fingerprint density at radius 3 is 2.55 bits per heavy atom. The number of aliphatic carboxylic acids is 1. The van der Waals surface area contributed by atoms with Crippen LogP contribution in [-0.2, 0) is 14.3 Å². The second-order valence-corrected chi connectivity index (χ2v) is 11.1. The third-order valence-corrected chi connectivity index (χ3v) is 9.88. The van der Waals surface area contributed by atoms with Crippen molar-refractivity contribution < 1.29 is 24.5 Å². The van der Waals surface area contributed by atoms with Crippen molar-refractivity contribution in [1.82, 2.24) is 0 Å². The largest absolute Gasteiger partial charge is 0.481 e. The molecular weight excluding hydrogens is 368 g/mol. The van der Waals surface area contributed by atoms with Crippen LogP contribution < -0.4 is 0 Å². The number of carboxylic acids is 1. The first kappa shape index (κ1) is 21.1. The number of ether oxygens (including phenoxy) is 1. The van der Waals surface area contributed by atoms with Crippen molar-refractivity contribution in [2.45, 2.75) is 84.7 Å². The summed E-state index contributed by atoms with van der Waals surface area (Å²) in [5.74, 6) is 1.45. The van der Waals surface area contributed by atoms with E-state index >= 15 is 0 Å². The van der Waals surface area contributed by atoms with Crippen LogP contribution in [0.25, 0.3) is 0 Å². The van der Waals surface area contributed by atoms with Crippen LogP contribution in [-0.4, -0.2) is 34.9 Å². The number of hydrogen-bond acceptors (Lipinski definition) is 4. The summed E-state index contributed by atoms with van der Waals surface area (Å²) in [6.45, 7) is 7.49. The average molecular weight is 407 g/mol. The number of esters is 1. The van der Waals surface area contributed by atoms with Gasteiger partial charge in [-0.05, 0) is 91.8 Å². The summed E-state index contributed by atoms with van der Waals surface area (Å²) < 4.78 is 5.86. The summed E-state index contributed by atoms with van der Waals surface area (Å²) in [4.78, 5) is 23.9. The van der Waals surface area contributed by atoms with Gasteiger partial charge < -0.3 is 14.9 Å². The molecule has 0 aromatic carbocycles. The molecule has 3 saturated carbocycles. The van der Waals surface area contributed by atoms with Crippen LogP contribution in [0.3, 0.4) is 0 Å². The third kappa shape index (κ3) is 3.41. The maximum absolute atomic E-state index is 12.8. The zero-order valence-corrected chi connectivity index (χ0v) is 18.2. The molecule has 0 aromatic heterocycles. The number of cyclic esters (lactones) is 1. The maximum atomic E-state index is 12.8. The Hall–Kier alpha value is -1.10. The van der Waals surface area contributed by atoms with Crippen molar-refractivity contribution >= 4 is 11.9 Å². The monoisotopic (exact) mass is 406 g/mol. The number of aliphatic hydroxyl groups excluding tert-OH is 1. The summed E-state index contributed by atoms with van der Waals surface area (Å²) in [6.07, 6.45) is 7.51. The molecule has 2 N–H and O–H groups in total. The van der Waals surface area contributed by atoms with Crippen molar-refractivity contribution in [2.75, 3.05) is 6.61 Å². The highest BCUT2D eigenvalue weighted by atomic mass is 16.5. The number of carboxylic acid groups (broad SMARTS) is 1. The summed E-state index contributed by atoms with van der Waals surface area (Å²) in [6, 6.07) is 0. The maximum Gasteiger partial charge on any atom is 0.309 e. The normalized spacial score (nSPS) is 47.9. The predicted octanol–water partition coefficient (Wildman–Crippen LogP) is 4.27. The lowest BCUT2D eigenvalue weighted by Gasteiger charge is -2.55. The molecule has 9 atom stereocenters. The van der Waals surface area contributed by atoms with Crippen molar-refractivity contribution in [2.24, 2.45) is 46.3 Å². The molecule has 4 aliphatic rings. The minimum atomic E-state index is -0.700. The van der Waals surface area contributed by atoms with E-state index in [1.807, 2.05) is 0 Å². The summed E-state index contributed by atoms with van der Waals surface area (Å²) in [7, 11) is 0. The Bertz CT molecular complexity index is 662. The van der Waals surface area contributed by atoms with E-state index in [4.69, 9.17) is 9.84 Å². The minimum absolute atomic E-state index is 0.0637. The fourth-order valence-electron chi connectivity index (χ4n) is 8.27. The van der Waals surface area contributed by atoms with E-state index < -0.39 is 5.97 Å². The molecule has 0 amide bonds. The van der Waals surface area contributed by atoms with Gasteiger partial charge in [0, 0.05) is 6.42 Å². The quantitative estimate of drug-likeness (QED) is 0.681. The minimum Gasteiger partial charge on any atom is -0.481 e. The lowest BCUT2D eigenvalue weighted by atomic mass is 9.48. The van der Waals surface area contributed by atoms with Crippen LogP contribution in [0.4, 0.5) is 0 Å². The lowest BCUT2D eigenvalue weighted by Crippen LogP contribution is -2.51. The van der Waals surface area contributed by atoms with Crippen LogP contribution >= 0.6 is 0 Å². The molecule has 0 bridgehead atoms. The average Bonchev–Trinajstić information content (AvgIpc) is 2.98. The molecule has 4 rings (SSSR count). The van der Waals surface area contributed by atoms with Crippen LogP contribution in [0.2, 0.25) is 0 Å². The third-order valence-electron chi connectivity index (χ3n) is 9.88. The predicted molar refractivity (Wildman–Crippen MR) is 109 cm³/mol. The highest BCUT2D eigenvalue weighted by Crippen LogP contribution is 2.66. The van der Waals surface area contributed by atoms with Gasteiger partial charge in [0.1, 0.15) is 0 Å². The zero-order valence-electron chi connectivity index (χ0n) is 18.2. The van der Waals surface area contributed by atoms with Crippen LogP contribution in [0.15, 0.2) is 0 Å². The van der Waals surface area contributed by atoms with Gasteiger partial charge in [-0.1, -0.05) is 20.8 Å². The number of carbonyl (C=O) groups excluding carboxylic acids is 1. The molecule has 29 heavy (non-hydrogen) atoms. The number of carbonyl (C=O) groups is 2. The first-order valence-corrected chi connectivity index (χ1v) is 11.7. The first-order chi connectivity index (χ1) is 13.7. The zero-order chi connectivity index (χ0) is 21.0. The summed E-state index contributed by atoms with van der Waals surface area (Å²) in [5, 5.41) is 19.3. The van der Waals surface area contributed by atoms with Crippen molar-refractivity contribution in [3.05, 3.63) is 0 Å². The second-order valence-electron chi connectivity index (χ2n) is 11.1. The Balaban J connectivity index is 1.58. The van der Waals surface area contributed by atoms with Gasteiger partial charge in [0.25, 0.3) is 0 Å². The van der Waals surface area contributed by atoms with E-state index in [0.29, 0.717) is 42.6 Å². The Morgan fingerprint density at radius 1 is 1.14 bits per heavy atom. The Morgan fingerprint density at radius 2 is 1.83 bits per heavy atom. The van der Waals surface area contributed by atoms with Crippen molar-refractivity contribution in [3.63, 3.8) is 0 Å². The molecule has 1 aliphatic heterocycles. The van der Waals surface area contributed by atoms with E-state index in [0.717, 1.165) is 32.1 Å².